The first-order chi connectivity index (χ1) is 6.61. The van der Waals surface area contributed by atoms with Gasteiger partial charge in [-0.25, -0.2) is 0 Å². The van der Waals surface area contributed by atoms with Crippen molar-refractivity contribution in [1.29, 1.82) is 0 Å². The highest BCUT2D eigenvalue weighted by Crippen LogP contribution is 2.37. The molecule has 1 aliphatic rings. The van der Waals surface area contributed by atoms with Gasteiger partial charge in [-0.1, -0.05) is 6.92 Å². The minimum atomic E-state index is -0.819. The molecule has 2 atom stereocenters. The average Bonchev–Trinajstić information content (AvgIpc) is 2.40. The second kappa shape index (κ2) is 4.23. The monoisotopic (exact) mass is 198 g/mol. The Morgan fingerprint density at radius 3 is 2.64 bits per heavy atom. The molecule has 0 saturated carbocycles. The topological polar surface area (TPSA) is 47.9 Å². The van der Waals surface area contributed by atoms with Gasteiger partial charge in [0.05, 0.1) is 19.7 Å². The van der Waals surface area contributed by atoms with Crippen LogP contribution in [-0.4, -0.2) is 45.4 Å². The Kier molecular flexibility index (Phi) is 3.45. The zero-order valence-electron chi connectivity index (χ0n) is 8.74. The van der Waals surface area contributed by atoms with Gasteiger partial charge < -0.3 is 19.3 Å². The van der Waals surface area contributed by atoms with E-state index in [-0.39, 0.29) is 5.76 Å². The van der Waals surface area contributed by atoms with E-state index in [9.17, 15) is 5.11 Å². The lowest BCUT2D eigenvalue weighted by Crippen LogP contribution is -2.38. The standard InChI is InChI=1S/C9H15BO4/c1-4-9(5-12-2)7(13-3)6(11)8(10)14-9/h8,11H,4-5H2,1-3H3/t8-,9-/m1/s1. The molecule has 1 aliphatic heterocycles. The van der Waals surface area contributed by atoms with Crippen molar-refractivity contribution in [3.8, 4) is 0 Å². The lowest BCUT2D eigenvalue weighted by atomic mass is 9.97. The maximum absolute atomic E-state index is 9.60. The molecule has 1 heterocycles. The maximum atomic E-state index is 9.60. The van der Waals surface area contributed by atoms with Crippen LogP contribution in [0.5, 0.6) is 0 Å². The Bertz CT molecular complexity index is 241. The molecular weight excluding hydrogens is 183 g/mol. The molecule has 4 nitrogen and oxygen atoms in total. The van der Waals surface area contributed by atoms with E-state index in [0.717, 1.165) is 0 Å². The first-order valence-corrected chi connectivity index (χ1v) is 4.51. The van der Waals surface area contributed by atoms with Gasteiger partial charge >= 0.3 is 0 Å². The van der Waals surface area contributed by atoms with Crippen LogP contribution >= 0.6 is 0 Å². The van der Waals surface area contributed by atoms with Gasteiger partial charge in [0.2, 0.25) is 0 Å². The lowest BCUT2D eigenvalue weighted by molar-refractivity contribution is -0.0757. The third kappa shape index (κ3) is 1.62. The highest BCUT2D eigenvalue weighted by atomic mass is 16.6. The quantitative estimate of drug-likeness (QED) is 0.676. The van der Waals surface area contributed by atoms with Gasteiger partial charge in [-0.15, -0.1) is 0 Å². The Hall–Kier alpha value is -0.675. The van der Waals surface area contributed by atoms with Gasteiger partial charge in [-0.3, -0.25) is 0 Å². The molecule has 0 aromatic carbocycles. The van der Waals surface area contributed by atoms with Crippen molar-refractivity contribution in [1.82, 2.24) is 0 Å². The summed E-state index contributed by atoms with van der Waals surface area (Å²) in [5, 5.41) is 9.60. The van der Waals surface area contributed by atoms with Crippen LogP contribution in [0.1, 0.15) is 13.3 Å². The van der Waals surface area contributed by atoms with Crippen molar-refractivity contribution in [3.05, 3.63) is 11.5 Å². The van der Waals surface area contributed by atoms with E-state index >= 15 is 0 Å². The van der Waals surface area contributed by atoms with Crippen LogP contribution in [-0.2, 0) is 14.2 Å². The highest BCUT2D eigenvalue weighted by molar-refractivity contribution is 6.13. The molecule has 0 aromatic heterocycles. The molecule has 0 bridgehead atoms. The predicted octanol–water partition coefficient (Wildman–Crippen LogP) is 0.722. The van der Waals surface area contributed by atoms with Crippen LogP contribution in [0.4, 0.5) is 0 Å². The Labute approximate surface area is 85.3 Å². The SMILES string of the molecule is [B][C@@H]1O[C@](CC)(COC)C(OC)=C1O. The van der Waals surface area contributed by atoms with Gasteiger partial charge in [0.15, 0.2) is 17.1 Å². The minimum absolute atomic E-state index is 0.0496. The van der Waals surface area contributed by atoms with E-state index in [4.69, 9.17) is 22.1 Å². The van der Waals surface area contributed by atoms with Crippen LogP contribution in [0.15, 0.2) is 11.5 Å². The number of hydrogen-bond acceptors (Lipinski definition) is 4. The predicted molar refractivity (Wildman–Crippen MR) is 52.2 cm³/mol. The van der Waals surface area contributed by atoms with E-state index in [1.165, 1.54) is 7.11 Å². The molecule has 0 amide bonds. The van der Waals surface area contributed by atoms with Gasteiger partial charge in [0, 0.05) is 7.11 Å². The Morgan fingerprint density at radius 1 is 1.57 bits per heavy atom. The van der Waals surface area contributed by atoms with E-state index in [1.54, 1.807) is 7.11 Å². The molecule has 1 N–H and O–H groups in total. The number of ether oxygens (including phenoxy) is 3. The van der Waals surface area contributed by atoms with Gasteiger partial charge in [0.1, 0.15) is 7.85 Å². The summed E-state index contributed by atoms with van der Waals surface area (Å²) < 4.78 is 15.6. The molecule has 0 saturated heterocycles. The van der Waals surface area contributed by atoms with Crippen molar-refractivity contribution >= 4 is 7.85 Å². The zero-order chi connectivity index (χ0) is 10.8. The fraction of sp³-hybridized carbons (Fsp3) is 0.778. The van der Waals surface area contributed by atoms with Gasteiger partial charge in [-0.05, 0) is 6.42 Å². The van der Waals surface area contributed by atoms with Gasteiger partial charge in [0.25, 0.3) is 0 Å². The number of rotatable bonds is 4. The fourth-order valence-corrected chi connectivity index (χ4v) is 1.68. The largest absolute Gasteiger partial charge is 0.507 e. The first kappa shape index (κ1) is 11.4. The molecule has 0 aromatic rings. The summed E-state index contributed by atoms with van der Waals surface area (Å²) in [7, 11) is 8.60. The summed E-state index contributed by atoms with van der Waals surface area (Å²) in [6.07, 6.45) is 0.627. The summed E-state index contributed by atoms with van der Waals surface area (Å²) >= 11 is 0. The molecule has 0 spiro atoms. The van der Waals surface area contributed by atoms with Crippen LogP contribution in [0.2, 0.25) is 0 Å². The van der Waals surface area contributed by atoms with E-state index in [2.05, 4.69) is 0 Å². The zero-order valence-corrected chi connectivity index (χ0v) is 8.74. The summed E-state index contributed by atoms with van der Waals surface area (Å²) in [6, 6.07) is -0.819. The van der Waals surface area contributed by atoms with Crippen molar-refractivity contribution < 1.29 is 19.3 Å². The van der Waals surface area contributed by atoms with Crippen LogP contribution in [0, 0.1) is 0 Å². The second-order valence-electron chi connectivity index (χ2n) is 3.24. The molecular formula is C9H15BO4. The molecule has 78 valence electrons. The highest BCUT2D eigenvalue weighted by Gasteiger charge is 2.46. The average molecular weight is 198 g/mol. The minimum Gasteiger partial charge on any atom is -0.507 e. The molecule has 2 radical (unpaired) electrons. The summed E-state index contributed by atoms with van der Waals surface area (Å²) in [6.45, 7) is 2.23. The number of aliphatic hydroxyl groups excluding tert-OH is 1. The third-order valence-corrected chi connectivity index (χ3v) is 2.42. The Balaban J connectivity index is 2.98. The van der Waals surface area contributed by atoms with Gasteiger partial charge in [-0.2, -0.15) is 0 Å². The van der Waals surface area contributed by atoms with Crippen LogP contribution in [0.25, 0.3) is 0 Å². The number of methoxy groups -OCH3 is 2. The van der Waals surface area contributed by atoms with E-state index < -0.39 is 11.6 Å². The summed E-state index contributed by atoms with van der Waals surface area (Å²) in [4.78, 5) is 0. The number of hydrogen-bond donors (Lipinski definition) is 1. The van der Waals surface area contributed by atoms with Crippen LogP contribution in [0.3, 0.4) is 0 Å². The number of aliphatic hydroxyl groups is 1. The van der Waals surface area contributed by atoms with Crippen LogP contribution < -0.4 is 0 Å². The third-order valence-electron chi connectivity index (χ3n) is 2.42. The van der Waals surface area contributed by atoms with Crippen molar-refractivity contribution in [2.24, 2.45) is 0 Å². The van der Waals surface area contributed by atoms with Crippen molar-refractivity contribution in [2.45, 2.75) is 24.9 Å². The van der Waals surface area contributed by atoms with E-state index in [1.807, 2.05) is 6.92 Å². The molecule has 14 heavy (non-hydrogen) atoms. The molecule has 0 fully saturated rings. The van der Waals surface area contributed by atoms with Crippen molar-refractivity contribution in [2.75, 3.05) is 20.8 Å². The van der Waals surface area contributed by atoms with E-state index in [0.29, 0.717) is 18.8 Å². The summed E-state index contributed by atoms with van der Waals surface area (Å²) in [5.41, 5.74) is -0.743. The normalized spacial score (nSPS) is 32.4. The molecule has 5 heteroatoms. The maximum Gasteiger partial charge on any atom is 0.169 e. The molecule has 0 unspecified atom stereocenters. The van der Waals surface area contributed by atoms with Crippen molar-refractivity contribution in [3.63, 3.8) is 0 Å². The smallest absolute Gasteiger partial charge is 0.169 e. The fourth-order valence-electron chi connectivity index (χ4n) is 1.68. The second-order valence-corrected chi connectivity index (χ2v) is 3.24. The summed E-state index contributed by atoms with van der Waals surface area (Å²) in [5.74, 6) is 0.320. The molecule has 1 rings (SSSR count). The molecule has 0 aliphatic carbocycles. The lowest BCUT2D eigenvalue weighted by Gasteiger charge is -2.28. The first-order valence-electron chi connectivity index (χ1n) is 4.51. The Morgan fingerprint density at radius 2 is 2.21 bits per heavy atom.